The Morgan fingerprint density at radius 3 is 3.03 bits per heavy atom. The third kappa shape index (κ3) is 4.46. The second kappa shape index (κ2) is 9.74. The first kappa shape index (κ1) is 23.3. The maximum Gasteiger partial charge on any atom is 0.237 e. The van der Waals surface area contributed by atoms with Crippen LogP contribution < -0.4 is 25.0 Å². The number of fused-ring (bicyclic) bond motifs is 2. The highest BCUT2D eigenvalue weighted by atomic mass is 19.1. The smallest absolute Gasteiger partial charge is 0.237 e. The molecule has 0 spiro atoms. The number of nitrogens with zero attached hydrogens (tertiary/aromatic N) is 6. The Balaban J connectivity index is 1.31. The van der Waals surface area contributed by atoms with Crippen molar-refractivity contribution in [1.29, 1.82) is 0 Å². The Morgan fingerprint density at radius 1 is 1.24 bits per heavy atom. The molecule has 0 bridgehead atoms. The van der Waals surface area contributed by atoms with Crippen LogP contribution in [0.5, 0.6) is 11.6 Å². The highest BCUT2D eigenvalue weighted by Gasteiger charge is 2.26. The summed E-state index contributed by atoms with van der Waals surface area (Å²) < 4.78 is 26.8. The normalized spacial score (nSPS) is 17.7. The molecule has 4 aromatic rings. The Bertz CT molecular complexity index is 1430. The van der Waals surface area contributed by atoms with Gasteiger partial charge in [-0.1, -0.05) is 0 Å². The Kier molecular flexibility index (Phi) is 6.13. The van der Waals surface area contributed by atoms with E-state index in [2.05, 4.69) is 30.4 Å². The molecule has 0 radical (unpaired) electrons. The minimum atomic E-state index is -0.375. The predicted octanol–water partition coefficient (Wildman–Crippen LogP) is 3.44. The van der Waals surface area contributed by atoms with Crippen LogP contribution in [0.3, 0.4) is 0 Å². The van der Waals surface area contributed by atoms with Gasteiger partial charge in [-0.15, -0.1) is 0 Å². The molecule has 1 aromatic carbocycles. The van der Waals surface area contributed by atoms with E-state index in [0.717, 1.165) is 48.0 Å². The van der Waals surface area contributed by atoms with Crippen molar-refractivity contribution in [3.8, 4) is 22.9 Å². The van der Waals surface area contributed by atoms with Crippen molar-refractivity contribution in [3.63, 3.8) is 0 Å². The molecular weight excluding hydrogens is 475 g/mol. The topological polar surface area (TPSA) is 92.1 Å². The summed E-state index contributed by atoms with van der Waals surface area (Å²) in [5, 5.41) is 6.74. The van der Waals surface area contributed by atoms with E-state index in [1.165, 1.54) is 0 Å². The average molecular weight is 505 g/mol. The van der Waals surface area contributed by atoms with Crippen LogP contribution in [-0.2, 0) is 0 Å². The van der Waals surface area contributed by atoms with Gasteiger partial charge in [-0.25, -0.2) is 19.3 Å². The summed E-state index contributed by atoms with van der Waals surface area (Å²) in [7, 11) is 3.62. The molecule has 0 unspecified atom stereocenters. The number of likely N-dealkylation sites (N-methyl/N-ethyl adjacent to an activating group) is 1. The number of nitrogens with one attached hydrogen (secondary N) is 2. The van der Waals surface area contributed by atoms with Crippen LogP contribution in [-0.4, -0.2) is 83.9 Å². The van der Waals surface area contributed by atoms with Crippen LogP contribution in [0, 0.1) is 0 Å². The van der Waals surface area contributed by atoms with Crippen LogP contribution in [0.1, 0.15) is 0 Å². The number of halogens is 1. The van der Waals surface area contributed by atoms with Gasteiger partial charge in [0.05, 0.1) is 30.2 Å². The number of anilines is 4. The van der Waals surface area contributed by atoms with Crippen molar-refractivity contribution in [2.24, 2.45) is 0 Å². The number of methoxy groups -OCH3 is 1. The van der Waals surface area contributed by atoms with Crippen LogP contribution in [0.4, 0.5) is 27.3 Å². The molecule has 10 nitrogen and oxygen atoms in total. The standard InChI is InChI=1S/C26H29FN8O2/c1-33-8-9-34(15-19(33)13-27)22-4-3-18(12-23(22)36-2)31-24-25-29-5-7-35(25)16-21(32-24)17-11-20-26(30-14-17)37-10-6-28-20/h3-5,7,11-12,14,16,19,28H,6,8-10,13,15H2,1-2H3,(H,31,32)/t19-/m0/s1. The maximum absolute atomic E-state index is 13.5. The molecule has 6 rings (SSSR count). The molecule has 1 fully saturated rings. The monoisotopic (exact) mass is 504 g/mol. The fourth-order valence-corrected chi connectivity index (χ4v) is 4.81. The van der Waals surface area contributed by atoms with Crippen LogP contribution >= 0.6 is 0 Å². The zero-order valence-corrected chi connectivity index (χ0v) is 20.8. The van der Waals surface area contributed by atoms with Gasteiger partial charge in [0.2, 0.25) is 5.88 Å². The fraction of sp³-hybridized carbons (Fsp3) is 0.346. The molecular formula is C26H29FN8O2. The third-order valence-corrected chi connectivity index (χ3v) is 6.92. The Labute approximate surface area is 214 Å². The SMILES string of the molecule is COc1cc(Nc2nc(-c3cnc4c(c3)NCCO4)cn3ccnc23)ccc1N1CCN(C)[C@@H](CF)C1. The quantitative estimate of drug-likeness (QED) is 0.410. The molecule has 0 aliphatic carbocycles. The summed E-state index contributed by atoms with van der Waals surface area (Å²) in [4.78, 5) is 18.1. The molecule has 11 heteroatoms. The second-order valence-electron chi connectivity index (χ2n) is 9.23. The van der Waals surface area contributed by atoms with E-state index in [-0.39, 0.29) is 12.7 Å². The third-order valence-electron chi connectivity index (χ3n) is 6.92. The number of benzene rings is 1. The lowest BCUT2D eigenvalue weighted by Gasteiger charge is -2.39. The van der Waals surface area contributed by atoms with E-state index in [9.17, 15) is 4.39 Å². The van der Waals surface area contributed by atoms with Gasteiger partial charge in [0.15, 0.2) is 11.5 Å². The molecule has 0 saturated carbocycles. The largest absolute Gasteiger partial charge is 0.495 e. The van der Waals surface area contributed by atoms with Gasteiger partial charge in [0.25, 0.3) is 0 Å². The number of hydrogen-bond donors (Lipinski definition) is 2. The lowest BCUT2D eigenvalue weighted by atomic mass is 10.1. The highest BCUT2D eigenvalue weighted by Crippen LogP contribution is 2.35. The summed E-state index contributed by atoms with van der Waals surface area (Å²) >= 11 is 0. The fourth-order valence-electron chi connectivity index (χ4n) is 4.81. The van der Waals surface area contributed by atoms with E-state index in [1.54, 1.807) is 19.5 Å². The van der Waals surface area contributed by atoms with Crippen LogP contribution in [0.25, 0.3) is 16.9 Å². The molecule has 1 saturated heterocycles. The van der Waals surface area contributed by atoms with E-state index >= 15 is 0 Å². The van der Waals surface area contributed by atoms with Crippen molar-refractivity contribution >= 4 is 28.5 Å². The molecule has 5 heterocycles. The van der Waals surface area contributed by atoms with Gasteiger partial charge < -0.3 is 29.4 Å². The molecule has 3 aromatic heterocycles. The minimum Gasteiger partial charge on any atom is -0.495 e. The summed E-state index contributed by atoms with van der Waals surface area (Å²) in [5.41, 5.74) is 4.91. The van der Waals surface area contributed by atoms with Gasteiger partial charge in [-0.05, 0) is 25.2 Å². The number of aromatic nitrogens is 4. The summed E-state index contributed by atoms with van der Waals surface area (Å²) in [6.07, 6.45) is 7.32. The Morgan fingerprint density at radius 2 is 2.16 bits per heavy atom. The number of piperazine rings is 1. The molecule has 37 heavy (non-hydrogen) atoms. The van der Waals surface area contributed by atoms with Gasteiger partial charge in [0, 0.05) is 68.3 Å². The van der Waals surface area contributed by atoms with Crippen molar-refractivity contribution in [3.05, 3.63) is 49.1 Å². The zero-order chi connectivity index (χ0) is 25.4. The number of imidazole rings is 1. The van der Waals surface area contributed by atoms with Crippen molar-refractivity contribution in [2.75, 3.05) is 69.2 Å². The van der Waals surface area contributed by atoms with Crippen molar-refractivity contribution in [1.82, 2.24) is 24.3 Å². The van der Waals surface area contributed by atoms with Gasteiger partial charge >= 0.3 is 0 Å². The molecule has 2 N–H and O–H groups in total. The second-order valence-corrected chi connectivity index (χ2v) is 9.23. The van der Waals surface area contributed by atoms with E-state index in [4.69, 9.17) is 14.5 Å². The summed E-state index contributed by atoms with van der Waals surface area (Å²) in [5.74, 6) is 1.92. The Hall–Kier alpha value is -4.12. The molecule has 192 valence electrons. The lowest BCUT2D eigenvalue weighted by Crippen LogP contribution is -2.52. The first-order chi connectivity index (χ1) is 18.1. The number of ether oxygens (including phenoxy) is 2. The molecule has 2 aliphatic rings. The number of hydrogen-bond acceptors (Lipinski definition) is 9. The van der Waals surface area contributed by atoms with Gasteiger partial charge in [0.1, 0.15) is 19.0 Å². The van der Waals surface area contributed by atoms with Crippen molar-refractivity contribution in [2.45, 2.75) is 6.04 Å². The van der Waals surface area contributed by atoms with Crippen LogP contribution in [0.2, 0.25) is 0 Å². The van der Waals surface area contributed by atoms with Gasteiger partial charge in [-0.2, -0.15) is 0 Å². The first-order valence-electron chi connectivity index (χ1n) is 12.3. The predicted molar refractivity (Wildman–Crippen MR) is 141 cm³/mol. The van der Waals surface area contributed by atoms with Gasteiger partial charge in [-0.3, -0.25) is 4.90 Å². The molecule has 1 atom stereocenters. The first-order valence-corrected chi connectivity index (χ1v) is 12.3. The number of alkyl halides is 1. The lowest BCUT2D eigenvalue weighted by molar-refractivity contribution is 0.183. The summed E-state index contributed by atoms with van der Waals surface area (Å²) in [6.45, 7) is 3.18. The highest BCUT2D eigenvalue weighted by molar-refractivity contribution is 5.77. The van der Waals surface area contributed by atoms with Crippen LogP contribution in [0.15, 0.2) is 49.1 Å². The van der Waals surface area contributed by atoms with Crippen molar-refractivity contribution < 1.29 is 13.9 Å². The maximum atomic E-state index is 13.5. The van der Waals surface area contributed by atoms with E-state index < -0.39 is 0 Å². The van der Waals surface area contributed by atoms with E-state index in [0.29, 0.717) is 36.2 Å². The number of rotatable bonds is 6. The molecule has 2 aliphatic heterocycles. The van der Waals surface area contributed by atoms with E-state index in [1.807, 2.05) is 48.1 Å². The summed E-state index contributed by atoms with van der Waals surface area (Å²) in [6, 6.07) is 7.79. The minimum absolute atomic E-state index is 0.128. The number of pyridine rings is 1. The zero-order valence-electron chi connectivity index (χ0n) is 20.8. The average Bonchev–Trinajstić information content (AvgIpc) is 3.42. The molecule has 0 amide bonds.